The zero-order chi connectivity index (χ0) is 30.3. The predicted molar refractivity (Wildman–Crippen MR) is 153 cm³/mol. The lowest BCUT2D eigenvalue weighted by Gasteiger charge is -2.19. The Labute approximate surface area is 241 Å². The topological polar surface area (TPSA) is 192 Å². The summed E-state index contributed by atoms with van der Waals surface area (Å²) in [5.41, 5.74) is 0.538. The number of hydrogen-bond acceptors (Lipinski definition) is 12. The monoisotopic (exact) mass is 596 g/mol. The van der Waals surface area contributed by atoms with Crippen molar-refractivity contribution in [2.45, 2.75) is 33.3 Å². The summed E-state index contributed by atoms with van der Waals surface area (Å²) < 4.78 is 21.5. The van der Waals surface area contributed by atoms with Gasteiger partial charge in [0.15, 0.2) is 5.13 Å². The fourth-order valence-electron chi connectivity index (χ4n) is 3.07. The van der Waals surface area contributed by atoms with Gasteiger partial charge in [0, 0.05) is 25.7 Å². The zero-order valence-electron chi connectivity index (χ0n) is 23.4. The molecule has 0 unspecified atom stereocenters. The van der Waals surface area contributed by atoms with Crippen LogP contribution in [-0.4, -0.2) is 86.1 Å². The summed E-state index contributed by atoms with van der Waals surface area (Å²) in [6.07, 6.45) is 0.572. The number of nitrogens with one attached hydrogen (secondary N) is 4. The second kappa shape index (κ2) is 17.1. The summed E-state index contributed by atoms with van der Waals surface area (Å²) in [6, 6.07) is 4.79. The van der Waals surface area contributed by atoms with Crippen molar-refractivity contribution in [3.63, 3.8) is 0 Å². The molecule has 41 heavy (non-hydrogen) atoms. The lowest BCUT2D eigenvalue weighted by molar-refractivity contribution is -0.380. The van der Waals surface area contributed by atoms with E-state index in [0.717, 1.165) is 17.5 Å². The average molecular weight is 597 g/mol. The Morgan fingerprint density at radius 1 is 0.976 bits per heavy atom. The SMILES string of the molecule is CC(=O)Nc1cc(NCCOCCOCCOCCNC(=O)OC(C)(C)C)ccc1C(=O)Nc1ncc([N+](=O)[O-])s1. The number of benzene rings is 1. The van der Waals surface area contributed by atoms with Crippen LogP contribution in [-0.2, 0) is 23.7 Å². The van der Waals surface area contributed by atoms with Crippen molar-refractivity contribution in [2.75, 3.05) is 68.7 Å². The van der Waals surface area contributed by atoms with E-state index in [0.29, 0.717) is 58.4 Å². The van der Waals surface area contributed by atoms with E-state index in [1.54, 1.807) is 32.9 Å². The number of ether oxygens (including phenoxy) is 4. The van der Waals surface area contributed by atoms with Crippen molar-refractivity contribution in [3.05, 3.63) is 40.1 Å². The Bertz CT molecular complexity index is 1170. The number of carbonyl (C=O) groups excluding carboxylic acids is 3. The second-order valence-corrected chi connectivity index (χ2v) is 10.4. The van der Waals surface area contributed by atoms with Crippen LogP contribution in [0.5, 0.6) is 0 Å². The second-order valence-electron chi connectivity index (χ2n) is 9.35. The number of aromatic nitrogens is 1. The first kappa shape index (κ1) is 33.3. The molecule has 0 bridgehead atoms. The van der Waals surface area contributed by atoms with Crippen LogP contribution in [0.3, 0.4) is 0 Å². The summed E-state index contributed by atoms with van der Waals surface area (Å²) in [6.45, 7) is 9.76. The molecule has 1 aromatic heterocycles. The molecule has 0 atom stereocenters. The molecule has 1 aromatic carbocycles. The maximum atomic E-state index is 12.7. The summed E-state index contributed by atoms with van der Waals surface area (Å²) in [4.78, 5) is 49.9. The molecule has 0 fully saturated rings. The van der Waals surface area contributed by atoms with Crippen LogP contribution in [0.25, 0.3) is 0 Å². The zero-order valence-corrected chi connectivity index (χ0v) is 24.3. The molecule has 0 saturated heterocycles. The van der Waals surface area contributed by atoms with Gasteiger partial charge in [-0.05, 0) is 50.3 Å². The van der Waals surface area contributed by atoms with Crippen LogP contribution in [0.1, 0.15) is 38.1 Å². The van der Waals surface area contributed by atoms with Gasteiger partial charge >= 0.3 is 11.1 Å². The number of hydrogen-bond donors (Lipinski definition) is 4. The van der Waals surface area contributed by atoms with E-state index in [-0.39, 0.29) is 27.3 Å². The summed E-state index contributed by atoms with van der Waals surface area (Å²) in [7, 11) is 0. The average Bonchev–Trinajstić information content (AvgIpc) is 3.34. The van der Waals surface area contributed by atoms with Crippen LogP contribution >= 0.6 is 11.3 Å². The molecule has 0 saturated carbocycles. The molecule has 16 heteroatoms. The fraction of sp³-hybridized carbons (Fsp3) is 0.520. The van der Waals surface area contributed by atoms with Gasteiger partial charge in [-0.1, -0.05) is 0 Å². The van der Waals surface area contributed by atoms with Gasteiger partial charge in [-0.25, -0.2) is 9.78 Å². The van der Waals surface area contributed by atoms with E-state index < -0.39 is 22.5 Å². The van der Waals surface area contributed by atoms with Crippen LogP contribution in [0.15, 0.2) is 24.4 Å². The van der Waals surface area contributed by atoms with Crippen LogP contribution in [0.2, 0.25) is 0 Å². The third-order valence-electron chi connectivity index (χ3n) is 4.70. The Kier molecular flexibility index (Phi) is 13.9. The van der Waals surface area contributed by atoms with Crippen molar-refractivity contribution >= 4 is 50.8 Å². The molecule has 15 nitrogen and oxygen atoms in total. The number of carbonyl (C=O) groups is 3. The number of anilines is 3. The fourth-order valence-corrected chi connectivity index (χ4v) is 3.69. The minimum absolute atomic E-state index is 0.0684. The summed E-state index contributed by atoms with van der Waals surface area (Å²) >= 11 is 0.727. The number of thiazole rings is 1. The third kappa shape index (κ3) is 13.9. The predicted octanol–water partition coefficient (Wildman–Crippen LogP) is 3.25. The molecule has 0 spiro atoms. The molecule has 2 aromatic rings. The smallest absolute Gasteiger partial charge is 0.407 e. The number of rotatable bonds is 17. The van der Waals surface area contributed by atoms with E-state index in [1.165, 1.54) is 13.0 Å². The maximum absolute atomic E-state index is 12.7. The Hall–Kier alpha value is -3.86. The van der Waals surface area contributed by atoms with Gasteiger partial charge in [-0.15, -0.1) is 0 Å². The highest BCUT2D eigenvalue weighted by molar-refractivity contribution is 7.18. The van der Waals surface area contributed by atoms with Gasteiger partial charge in [0.05, 0.1) is 55.8 Å². The van der Waals surface area contributed by atoms with Crippen molar-refractivity contribution in [3.8, 4) is 0 Å². The van der Waals surface area contributed by atoms with Crippen LogP contribution < -0.4 is 21.3 Å². The minimum atomic E-state index is -0.596. The highest BCUT2D eigenvalue weighted by atomic mass is 32.1. The first-order valence-corrected chi connectivity index (χ1v) is 13.5. The van der Waals surface area contributed by atoms with Crippen molar-refractivity contribution in [2.24, 2.45) is 0 Å². The van der Waals surface area contributed by atoms with Gasteiger partial charge in [0.1, 0.15) is 11.8 Å². The minimum Gasteiger partial charge on any atom is -0.444 e. The Morgan fingerprint density at radius 3 is 2.20 bits per heavy atom. The van der Waals surface area contributed by atoms with E-state index in [4.69, 9.17) is 18.9 Å². The van der Waals surface area contributed by atoms with Crippen LogP contribution in [0.4, 0.5) is 26.3 Å². The van der Waals surface area contributed by atoms with Gasteiger partial charge < -0.3 is 34.9 Å². The Balaban J connectivity index is 1.63. The van der Waals surface area contributed by atoms with Crippen molar-refractivity contribution in [1.29, 1.82) is 0 Å². The number of alkyl carbamates (subject to hydrolysis) is 1. The summed E-state index contributed by atoms with van der Waals surface area (Å²) in [5.74, 6) is -0.942. The molecule has 0 radical (unpaired) electrons. The number of nitrogens with zero attached hydrogens (tertiary/aromatic N) is 2. The van der Waals surface area contributed by atoms with Crippen LogP contribution in [0, 0.1) is 10.1 Å². The quantitative estimate of drug-likeness (QED) is 0.119. The van der Waals surface area contributed by atoms with Gasteiger partial charge in [-0.2, -0.15) is 0 Å². The van der Waals surface area contributed by atoms with E-state index >= 15 is 0 Å². The van der Waals surface area contributed by atoms with Gasteiger partial charge in [0.2, 0.25) is 5.91 Å². The lowest BCUT2D eigenvalue weighted by atomic mass is 10.1. The summed E-state index contributed by atoms with van der Waals surface area (Å²) in [5, 5.41) is 21.6. The molecular formula is C25H36N6O9S. The molecule has 0 aliphatic heterocycles. The van der Waals surface area contributed by atoms with Crippen molar-refractivity contribution < 1.29 is 38.3 Å². The standard InChI is InChI=1S/C25H36N6O9S/c1-17(32)29-20-15-18(5-6-19(20)22(33)30-23-28-16-21(41-23)31(35)36)26-7-9-37-11-13-39-14-12-38-10-8-27-24(34)40-25(2,3)4/h5-6,15-16,26H,7-14H2,1-4H3,(H,27,34)(H,29,32)(H,28,30,33). The van der Waals surface area contributed by atoms with E-state index in [2.05, 4.69) is 26.3 Å². The van der Waals surface area contributed by atoms with E-state index in [9.17, 15) is 24.5 Å². The molecule has 1 heterocycles. The largest absolute Gasteiger partial charge is 0.444 e. The number of amides is 3. The highest BCUT2D eigenvalue weighted by Gasteiger charge is 2.18. The van der Waals surface area contributed by atoms with Crippen molar-refractivity contribution in [1.82, 2.24) is 10.3 Å². The molecule has 0 aliphatic rings. The maximum Gasteiger partial charge on any atom is 0.407 e. The molecule has 0 aliphatic carbocycles. The normalized spacial score (nSPS) is 11.0. The van der Waals surface area contributed by atoms with Gasteiger partial charge in [-0.3, -0.25) is 25.0 Å². The van der Waals surface area contributed by atoms with E-state index in [1.807, 2.05) is 0 Å². The first-order chi connectivity index (χ1) is 19.4. The number of nitro groups is 1. The molecule has 226 valence electrons. The van der Waals surface area contributed by atoms with Gasteiger partial charge in [0.25, 0.3) is 5.91 Å². The lowest BCUT2D eigenvalue weighted by Crippen LogP contribution is -2.34. The first-order valence-electron chi connectivity index (χ1n) is 12.7. The molecule has 4 N–H and O–H groups in total. The molecule has 2 rings (SSSR count). The Morgan fingerprint density at radius 2 is 1.61 bits per heavy atom. The molecular weight excluding hydrogens is 560 g/mol. The third-order valence-corrected chi connectivity index (χ3v) is 5.57. The highest BCUT2D eigenvalue weighted by Crippen LogP contribution is 2.27. The molecule has 3 amide bonds.